The topological polar surface area (TPSA) is 57.6 Å². The first-order valence-corrected chi connectivity index (χ1v) is 9.36. The summed E-state index contributed by atoms with van der Waals surface area (Å²) in [6.45, 7) is 0.264. The maximum atomic E-state index is 11.2. The molecule has 1 aromatic heterocycles. The van der Waals surface area contributed by atoms with Crippen molar-refractivity contribution in [3.63, 3.8) is 0 Å². The first kappa shape index (κ1) is 18.4. The molecule has 7 heteroatoms. The van der Waals surface area contributed by atoms with Crippen LogP contribution < -0.4 is 14.2 Å². The summed E-state index contributed by atoms with van der Waals surface area (Å²) in [5.74, 6) is 1.86. The maximum absolute atomic E-state index is 11.2. The predicted molar refractivity (Wildman–Crippen MR) is 105 cm³/mol. The van der Waals surface area contributed by atoms with E-state index in [9.17, 15) is 4.79 Å². The van der Waals surface area contributed by atoms with Gasteiger partial charge in [-0.05, 0) is 36.4 Å². The fourth-order valence-electron chi connectivity index (χ4n) is 2.37. The van der Waals surface area contributed by atoms with Crippen molar-refractivity contribution >= 4 is 33.6 Å². The third kappa shape index (κ3) is 4.05. The first-order valence-electron chi connectivity index (χ1n) is 7.69. The second-order valence-electron chi connectivity index (χ2n) is 5.30. The van der Waals surface area contributed by atoms with Crippen LogP contribution >= 0.6 is 27.3 Å². The van der Waals surface area contributed by atoms with E-state index in [1.54, 1.807) is 32.4 Å². The van der Waals surface area contributed by atoms with Crippen LogP contribution in [0.4, 0.5) is 0 Å². The van der Waals surface area contributed by atoms with Gasteiger partial charge in [-0.1, -0.05) is 15.9 Å². The number of hydrogen-bond acceptors (Lipinski definition) is 6. The number of benzene rings is 2. The van der Waals surface area contributed by atoms with Gasteiger partial charge in [0.15, 0.2) is 6.29 Å². The Kier molecular flexibility index (Phi) is 5.90. The Hall–Kier alpha value is -2.38. The molecule has 0 N–H and O–H groups in total. The van der Waals surface area contributed by atoms with Crippen LogP contribution in [-0.4, -0.2) is 25.5 Å². The minimum atomic E-state index is 0.264. The number of ether oxygens (including phenoxy) is 3. The zero-order valence-electron chi connectivity index (χ0n) is 14.2. The van der Waals surface area contributed by atoms with Crippen molar-refractivity contribution in [1.82, 2.24) is 4.98 Å². The molecule has 1 heterocycles. The third-order valence-corrected chi connectivity index (χ3v) is 5.08. The molecule has 0 unspecified atom stereocenters. The van der Waals surface area contributed by atoms with Crippen LogP contribution in [0.15, 0.2) is 46.3 Å². The summed E-state index contributed by atoms with van der Waals surface area (Å²) in [7, 11) is 3.19. The van der Waals surface area contributed by atoms with E-state index in [-0.39, 0.29) is 6.61 Å². The van der Waals surface area contributed by atoms with E-state index in [0.29, 0.717) is 17.1 Å². The average Bonchev–Trinajstić information content (AvgIpc) is 3.15. The van der Waals surface area contributed by atoms with Gasteiger partial charge in [0.05, 0.1) is 31.0 Å². The van der Waals surface area contributed by atoms with Gasteiger partial charge in [-0.25, -0.2) is 4.98 Å². The van der Waals surface area contributed by atoms with Gasteiger partial charge < -0.3 is 14.2 Å². The molecule has 5 nitrogen and oxygen atoms in total. The predicted octanol–water partition coefficient (Wildman–Crippen LogP) is 4.98. The lowest BCUT2D eigenvalue weighted by molar-refractivity contribution is 0.111. The number of aldehydes is 1. The van der Waals surface area contributed by atoms with Gasteiger partial charge in [-0.15, -0.1) is 11.3 Å². The Morgan fingerprint density at radius 3 is 2.65 bits per heavy atom. The number of hydrogen-bond donors (Lipinski definition) is 0. The minimum Gasteiger partial charge on any atom is -0.497 e. The Morgan fingerprint density at radius 2 is 1.92 bits per heavy atom. The van der Waals surface area contributed by atoms with Gasteiger partial charge in [0.25, 0.3) is 0 Å². The molecule has 0 radical (unpaired) electrons. The van der Waals surface area contributed by atoms with Crippen molar-refractivity contribution in [2.24, 2.45) is 0 Å². The van der Waals surface area contributed by atoms with Gasteiger partial charge >= 0.3 is 0 Å². The molecule has 134 valence electrons. The molecule has 0 bridgehead atoms. The molecular formula is C19H16BrNO4S. The quantitative estimate of drug-likeness (QED) is 0.491. The summed E-state index contributed by atoms with van der Waals surface area (Å²) in [4.78, 5) is 15.8. The van der Waals surface area contributed by atoms with Crippen molar-refractivity contribution in [2.45, 2.75) is 6.61 Å². The Morgan fingerprint density at radius 1 is 1.12 bits per heavy atom. The monoisotopic (exact) mass is 433 g/mol. The van der Waals surface area contributed by atoms with E-state index in [0.717, 1.165) is 32.8 Å². The van der Waals surface area contributed by atoms with E-state index in [1.165, 1.54) is 11.3 Å². The molecule has 2 aromatic carbocycles. The third-order valence-electron chi connectivity index (χ3n) is 3.66. The van der Waals surface area contributed by atoms with Gasteiger partial charge in [0.1, 0.15) is 28.9 Å². The summed E-state index contributed by atoms with van der Waals surface area (Å²) < 4.78 is 17.2. The second-order valence-corrected chi connectivity index (χ2v) is 7.07. The molecule has 0 aliphatic heterocycles. The van der Waals surface area contributed by atoms with Crippen LogP contribution in [0, 0.1) is 0 Å². The smallest absolute Gasteiger partial charge is 0.153 e. The number of aromatic nitrogens is 1. The zero-order chi connectivity index (χ0) is 18.5. The molecule has 0 saturated carbocycles. The number of carbonyl (C=O) groups excluding carboxylic acids is 1. The number of rotatable bonds is 7. The fraction of sp³-hybridized carbons (Fsp3) is 0.158. The van der Waals surface area contributed by atoms with E-state index < -0.39 is 0 Å². The van der Waals surface area contributed by atoms with Crippen LogP contribution in [0.1, 0.15) is 16.1 Å². The maximum Gasteiger partial charge on any atom is 0.153 e. The lowest BCUT2D eigenvalue weighted by Crippen LogP contribution is -1.99. The second kappa shape index (κ2) is 8.33. The Bertz CT molecular complexity index is 926. The van der Waals surface area contributed by atoms with Crippen molar-refractivity contribution in [2.75, 3.05) is 14.2 Å². The lowest BCUT2D eigenvalue weighted by atomic mass is 10.2. The summed E-state index contributed by atoms with van der Waals surface area (Å²) >= 11 is 4.98. The van der Waals surface area contributed by atoms with Crippen LogP contribution in [0.3, 0.4) is 0 Å². The average molecular weight is 434 g/mol. The highest BCUT2D eigenvalue weighted by molar-refractivity contribution is 9.10. The summed E-state index contributed by atoms with van der Waals surface area (Å²) in [6.07, 6.45) is 0.747. The van der Waals surface area contributed by atoms with E-state index in [4.69, 9.17) is 14.2 Å². The molecular weight excluding hydrogens is 418 g/mol. The Labute approximate surface area is 163 Å². The normalized spacial score (nSPS) is 10.4. The fourth-order valence-corrected chi connectivity index (χ4v) is 3.56. The number of carbonyl (C=O) groups is 1. The van der Waals surface area contributed by atoms with E-state index >= 15 is 0 Å². The highest BCUT2D eigenvalue weighted by Gasteiger charge is 2.12. The van der Waals surface area contributed by atoms with E-state index in [1.807, 2.05) is 23.6 Å². The molecule has 0 aliphatic rings. The molecule has 0 fully saturated rings. The zero-order valence-corrected chi connectivity index (χ0v) is 16.6. The molecule has 0 atom stereocenters. The van der Waals surface area contributed by atoms with Crippen molar-refractivity contribution in [3.8, 4) is 27.8 Å². The number of methoxy groups -OCH3 is 2. The lowest BCUT2D eigenvalue weighted by Gasteiger charge is -2.08. The molecule has 0 amide bonds. The first-order chi connectivity index (χ1) is 12.6. The van der Waals surface area contributed by atoms with Crippen LogP contribution in [0.2, 0.25) is 0 Å². The SMILES string of the molecule is COc1ccc(OCc2csc(-c3cc(Br)ccc3OC)n2)c(C=O)c1. The van der Waals surface area contributed by atoms with Crippen molar-refractivity contribution < 1.29 is 19.0 Å². The molecule has 26 heavy (non-hydrogen) atoms. The summed E-state index contributed by atoms with van der Waals surface area (Å²) in [5.41, 5.74) is 2.13. The van der Waals surface area contributed by atoms with Crippen LogP contribution in [0.5, 0.6) is 17.2 Å². The number of thiazole rings is 1. The van der Waals surface area contributed by atoms with Gasteiger partial charge in [0, 0.05) is 9.85 Å². The Balaban J connectivity index is 1.78. The van der Waals surface area contributed by atoms with Crippen molar-refractivity contribution in [3.05, 3.63) is 57.5 Å². The van der Waals surface area contributed by atoms with Crippen LogP contribution in [0.25, 0.3) is 10.6 Å². The standard InChI is InChI=1S/C19H16BrNO4S/c1-23-15-4-6-17(12(7-15)9-22)25-10-14-11-26-19(21-14)16-8-13(20)3-5-18(16)24-2/h3-9,11H,10H2,1-2H3. The number of halogens is 1. The highest BCUT2D eigenvalue weighted by Crippen LogP contribution is 2.34. The number of nitrogens with zero attached hydrogens (tertiary/aromatic N) is 1. The molecule has 0 aliphatic carbocycles. The molecule has 0 spiro atoms. The van der Waals surface area contributed by atoms with Gasteiger partial charge in [0.2, 0.25) is 0 Å². The largest absolute Gasteiger partial charge is 0.497 e. The molecule has 3 aromatic rings. The van der Waals surface area contributed by atoms with E-state index in [2.05, 4.69) is 20.9 Å². The molecule has 3 rings (SSSR count). The van der Waals surface area contributed by atoms with Gasteiger partial charge in [-0.2, -0.15) is 0 Å². The summed E-state index contributed by atoms with van der Waals surface area (Å²) in [5, 5.41) is 2.77. The highest BCUT2D eigenvalue weighted by atomic mass is 79.9. The van der Waals surface area contributed by atoms with Crippen molar-refractivity contribution in [1.29, 1.82) is 0 Å². The summed E-state index contributed by atoms with van der Waals surface area (Å²) in [6, 6.07) is 10.9. The van der Waals surface area contributed by atoms with Crippen LogP contribution in [-0.2, 0) is 6.61 Å². The molecule has 0 saturated heterocycles. The van der Waals surface area contributed by atoms with Gasteiger partial charge in [-0.3, -0.25) is 4.79 Å². The minimum absolute atomic E-state index is 0.264.